The lowest BCUT2D eigenvalue weighted by molar-refractivity contribution is 0.972. The van der Waals surface area contributed by atoms with E-state index >= 15 is 0 Å². The van der Waals surface area contributed by atoms with Crippen LogP contribution in [0.5, 0.6) is 0 Å². The van der Waals surface area contributed by atoms with E-state index in [2.05, 4.69) is 66.5 Å². The summed E-state index contributed by atoms with van der Waals surface area (Å²) in [5.74, 6) is -0.0329. The number of pyridine rings is 1. The Morgan fingerprint density at radius 1 is 0.818 bits per heavy atom. The molecule has 0 spiro atoms. The summed E-state index contributed by atoms with van der Waals surface area (Å²) in [5.41, 5.74) is 6.86. The van der Waals surface area contributed by atoms with Gasteiger partial charge in [0.05, 0.1) is 7.85 Å². The molecule has 3 aromatic rings. The number of aromatic nitrogens is 1. The first kappa shape index (κ1) is 14.6. The second kappa shape index (κ2) is 6.19. The van der Waals surface area contributed by atoms with Gasteiger partial charge in [-0.25, -0.2) is 0 Å². The van der Waals surface area contributed by atoms with E-state index in [0.29, 0.717) is 0 Å². The number of nitrogens with zero attached hydrogens (tertiary/aromatic N) is 1. The standard InChI is InChI=1S/C20H18BN/c1-14-12-19(13-22-20(14)15(2)21)18-10-8-17(9-11-18)16-6-4-3-5-7-16/h3-13,15H,1-2H3. The van der Waals surface area contributed by atoms with Crippen LogP contribution in [-0.4, -0.2) is 12.8 Å². The van der Waals surface area contributed by atoms with E-state index in [9.17, 15) is 0 Å². The summed E-state index contributed by atoms with van der Waals surface area (Å²) in [5, 5.41) is 0. The molecule has 0 aliphatic carbocycles. The van der Waals surface area contributed by atoms with E-state index in [-0.39, 0.29) is 5.82 Å². The highest BCUT2D eigenvalue weighted by molar-refractivity contribution is 6.12. The fraction of sp³-hybridized carbons (Fsp3) is 0.150. The lowest BCUT2D eigenvalue weighted by atomic mass is 9.84. The highest BCUT2D eigenvalue weighted by Crippen LogP contribution is 2.26. The van der Waals surface area contributed by atoms with Crippen LogP contribution >= 0.6 is 0 Å². The summed E-state index contributed by atoms with van der Waals surface area (Å²) >= 11 is 0. The highest BCUT2D eigenvalue weighted by Gasteiger charge is 2.07. The molecule has 1 aromatic heterocycles. The first-order valence-electron chi connectivity index (χ1n) is 7.53. The van der Waals surface area contributed by atoms with E-state index in [1.54, 1.807) is 0 Å². The average Bonchev–Trinajstić information content (AvgIpc) is 2.55. The van der Waals surface area contributed by atoms with Gasteiger partial charge >= 0.3 is 0 Å². The molecule has 22 heavy (non-hydrogen) atoms. The van der Waals surface area contributed by atoms with Crippen LogP contribution < -0.4 is 0 Å². The van der Waals surface area contributed by atoms with Gasteiger partial charge in [-0.15, -0.1) is 0 Å². The van der Waals surface area contributed by atoms with Crippen LogP contribution in [-0.2, 0) is 0 Å². The maximum atomic E-state index is 5.93. The van der Waals surface area contributed by atoms with Crippen LogP contribution in [0.25, 0.3) is 22.3 Å². The van der Waals surface area contributed by atoms with Crippen molar-refractivity contribution in [3.05, 3.63) is 78.1 Å². The van der Waals surface area contributed by atoms with Gasteiger partial charge in [-0.1, -0.05) is 61.5 Å². The second-order valence-electron chi connectivity index (χ2n) is 5.66. The molecule has 0 fully saturated rings. The van der Waals surface area contributed by atoms with Crippen molar-refractivity contribution in [2.45, 2.75) is 19.7 Å². The van der Waals surface area contributed by atoms with Gasteiger partial charge in [0.2, 0.25) is 0 Å². The number of hydrogen-bond acceptors (Lipinski definition) is 1. The molecule has 106 valence electrons. The molecule has 3 rings (SSSR count). The van der Waals surface area contributed by atoms with Crippen LogP contribution in [0.1, 0.15) is 24.0 Å². The highest BCUT2D eigenvalue weighted by atomic mass is 14.7. The van der Waals surface area contributed by atoms with Crippen molar-refractivity contribution in [3.8, 4) is 22.3 Å². The molecule has 1 heterocycles. The minimum absolute atomic E-state index is 0.0329. The molecule has 2 heteroatoms. The van der Waals surface area contributed by atoms with E-state index in [1.807, 2.05) is 19.2 Å². The predicted octanol–water partition coefficient (Wildman–Crippen LogP) is 4.95. The Bertz CT molecular complexity index is 761. The number of benzene rings is 2. The normalized spacial score (nSPS) is 12.1. The molecule has 2 radical (unpaired) electrons. The Morgan fingerprint density at radius 2 is 1.36 bits per heavy atom. The van der Waals surface area contributed by atoms with Crippen LogP contribution in [0.4, 0.5) is 0 Å². The molecule has 0 N–H and O–H groups in total. The van der Waals surface area contributed by atoms with Crippen molar-refractivity contribution in [2.24, 2.45) is 0 Å². The van der Waals surface area contributed by atoms with Gasteiger partial charge in [0.15, 0.2) is 0 Å². The van der Waals surface area contributed by atoms with Gasteiger partial charge in [-0.2, -0.15) is 0 Å². The molecule has 0 saturated heterocycles. The van der Waals surface area contributed by atoms with Gasteiger partial charge in [0, 0.05) is 17.5 Å². The minimum atomic E-state index is -0.0329. The van der Waals surface area contributed by atoms with Crippen molar-refractivity contribution in [1.82, 2.24) is 4.98 Å². The van der Waals surface area contributed by atoms with Gasteiger partial charge in [0.25, 0.3) is 0 Å². The minimum Gasteiger partial charge on any atom is -0.261 e. The fourth-order valence-corrected chi connectivity index (χ4v) is 2.71. The van der Waals surface area contributed by atoms with Crippen LogP contribution in [0, 0.1) is 6.92 Å². The Kier molecular flexibility index (Phi) is 4.10. The Hall–Kier alpha value is -2.35. The van der Waals surface area contributed by atoms with Crippen molar-refractivity contribution >= 4 is 7.85 Å². The van der Waals surface area contributed by atoms with Crippen molar-refractivity contribution < 1.29 is 0 Å². The summed E-state index contributed by atoms with van der Waals surface area (Å²) in [6.45, 7) is 4.02. The quantitative estimate of drug-likeness (QED) is 0.619. The molecule has 1 unspecified atom stereocenters. The molecule has 0 aliphatic heterocycles. The summed E-state index contributed by atoms with van der Waals surface area (Å²) in [6.07, 6.45) is 1.91. The summed E-state index contributed by atoms with van der Waals surface area (Å²) in [7, 11) is 5.93. The van der Waals surface area contributed by atoms with E-state index in [4.69, 9.17) is 7.85 Å². The molecule has 2 aromatic carbocycles. The zero-order chi connectivity index (χ0) is 15.5. The third-order valence-corrected chi connectivity index (χ3v) is 3.88. The molecule has 0 aliphatic rings. The topological polar surface area (TPSA) is 12.9 Å². The lowest BCUT2D eigenvalue weighted by Crippen LogP contribution is -1.99. The number of aryl methyl sites for hydroxylation is 1. The third-order valence-electron chi connectivity index (χ3n) is 3.88. The maximum absolute atomic E-state index is 5.93. The summed E-state index contributed by atoms with van der Waals surface area (Å²) in [6, 6.07) is 21.1. The molecular formula is C20H18BN. The monoisotopic (exact) mass is 283 g/mol. The average molecular weight is 283 g/mol. The first-order chi connectivity index (χ1) is 10.6. The van der Waals surface area contributed by atoms with E-state index in [1.165, 1.54) is 16.7 Å². The van der Waals surface area contributed by atoms with Crippen molar-refractivity contribution in [2.75, 3.05) is 0 Å². The van der Waals surface area contributed by atoms with Crippen LogP contribution in [0.2, 0.25) is 0 Å². The molecule has 0 amide bonds. The zero-order valence-corrected chi connectivity index (χ0v) is 13.0. The van der Waals surface area contributed by atoms with E-state index in [0.717, 1.165) is 16.8 Å². The fourth-order valence-electron chi connectivity index (χ4n) is 2.71. The molecular weight excluding hydrogens is 265 g/mol. The third kappa shape index (κ3) is 2.96. The maximum Gasteiger partial charge on any atom is 0.0781 e. The first-order valence-corrected chi connectivity index (χ1v) is 7.53. The van der Waals surface area contributed by atoms with E-state index < -0.39 is 0 Å². The van der Waals surface area contributed by atoms with Crippen molar-refractivity contribution in [3.63, 3.8) is 0 Å². The number of rotatable bonds is 3. The van der Waals surface area contributed by atoms with Crippen molar-refractivity contribution in [1.29, 1.82) is 0 Å². The zero-order valence-electron chi connectivity index (χ0n) is 13.0. The molecule has 1 atom stereocenters. The largest absolute Gasteiger partial charge is 0.261 e. The van der Waals surface area contributed by atoms with Gasteiger partial charge < -0.3 is 0 Å². The summed E-state index contributed by atoms with van der Waals surface area (Å²) in [4.78, 5) is 4.51. The molecule has 1 nitrogen and oxygen atoms in total. The van der Waals surface area contributed by atoms with Gasteiger partial charge in [-0.05, 0) is 41.1 Å². The van der Waals surface area contributed by atoms with Gasteiger partial charge in [0.1, 0.15) is 0 Å². The van der Waals surface area contributed by atoms with Gasteiger partial charge in [-0.3, -0.25) is 4.98 Å². The van der Waals surface area contributed by atoms with Crippen LogP contribution in [0.15, 0.2) is 66.9 Å². The van der Waals surface area contributed by atoms with Crippen LogP contribution in [0.3, 0.4) is 0 Å². The second-order valence-corrected chi connectivity index (χ2v) is 5.66. The number of hydrogen-bond donors (Lipinski definition) is 0. The molecule has 0 bridgehead atoms. The smallest absolute Gasteiger partial charge is 0.0781 e. The summed E-state index contributed by atoms with van der Waals surface area (Å²) < 4.78 is 0. The molecule has 0 saturated carbocycles. The Labute approximate surface area is 133 Å². The predicted molar refractivity (Wildman–Crippen MR) is 94.0 cm³/mol. The Balaban J connectivity index is 1.92. The SMILES string of the molecule is [B]C(C)c1ncc(-c2ccc(-c3ccccc3)cc2)cc1C. The lowest BCUT2D eigenvalue weighted by Gasteiger charge is -2.11. The Morgan fingerprint density at radius 3 is 1.91 bits per heavy atom.